The van der Waals surface area contributed by atoms with Gasteiger partial charge in [0.2, 0.25) is 5.13 Å². The molecule has 0 spiro atoms. The van der Waals surface area contributed by atoms with E-state index in [4.69, 9.17) is 11.6 Å². The number of nitrogens with zero attached hydrogens (tertiary/aromatic N) is 3. The Bertz CT molecular complexity index is 1160. The van der Waals surface area contributed by atoms with Crippen molar-refractivity contribution >= 4 is 49.7 Å². The van der Waals surface area contributed by atoms with Crippen molar-refractivity contribution in [2.45, 2.75) is 11.8 Å². The lowest BCUT2D eigenvalue weighted by Crippen LogP contribution is -2.31. The predicted molar refractivity (Wildman–Crippen MR) is 115 cm³/mol. The van der Waals surface area contributed by atoms with Crippen molar-refractivity contribution in [1.29, 1.82) is 0 Å². The van der Waals surface area contributed by atoms with E-state index >= 15 is 0 Å². The van der Waals surface area contributed by atoms with Crippen LogP contribution in [0.2, 0.25) is 5.02 Å². The molecule has 1 aromatic heterocycles. The largest absolute Gasteiger partial charge is 0.296 e. The van der Waals surface area contributed by atoms with Crippen LogP contribution >= 0.6 is 22.9 Å². The number of carbonyl (C=O) groups excluding carboxylic acids is 1. The molecule has 3 rings (SSSR count). The number of anilines is 2. The number of para-hydroxylation sites is 1. The third-order valence-electron chi connectivity index (χ3n) is 3.85. The second kappa shape index (κ2) is 8.73. The van der Waals surface area contributed by atoms with Crippen molar-refractivity contribution in [3.63, 3.8) is 0 Å². The summed E-state index contributed by atoms with van der Waals surface area (Å²) in [6.07, 6.45) is 1.47. The molecule has 3 aromatic rings. The van der Waals surface area contributed by atoms with Crippen LogP contribution < -0.4 is 9.62 Å². The summed E-state index contributed by atoms with van der Waals surface area (Å²) < 4.78 is 27.7. The minimum Gasteiger partial charge on any atom is -0.296 e. The molecule has 1 N–H and O–H groups in total. The van der Waals surface area contributed by atoms with Crippen molar-refractivity contribution in [1.82, 2.24) is 10.2 Å². The van der Waals surface area contributed by atoms with E-state index in [1.165, 1.54) is 41.7 Å². The van der Waals surface area contributed by atoms with Gasteiger partial charge in [-0.1, -0.05) is 47.2 Å². The highest BCUT2D eigenvalue weighted by molar-refractivity contribution is 7.92. The highest BCUT2D eigenvalue weighted by Crippen LogP contribution is 2.30. The number of hydrogen-bond donors (Lipinski definition) is 1. The number of hydrogen-bond acceptors (Lipinski definition) is 6. The topological polar surface area (TPSA) is 92.3 Å². The Morgan fingerprint density at radius 3 is 2.66 bits per heavy atom. The van der Waals surface area contributed by atoms with Gasteiger partial charge in [-0.15, -0.1) is 16.8 Å². The van der Waals surface area contributed by atoms with Crippen LogP contribution in [0.3, 0.4) is 0 Å². The van der Waals surface area contributed by atoms with Gasteiger partial charge in [0.05, 0.1) is 22.2 Å². The molecule has 1 heterocycles. The fraction of sp³-hybridized carbons (Fsp3) is 0.105. The van der Waals surface area contributed by atoms with E-state index in [9.17, 15) is 13.2 Å². The Morgan fingerprint density at radius 1 is 1.24 bits per heavy atom. The standard InChI is InChI=1S/C19H17ClN4O3S2/c1-3-11-24(17-10-5-4-9-16(17)20)29(26,27)15-8-6-7-14(12-15)18(25)21-19-23-22-13(2)28-19/h3-10,12H,1,11H2,2H3,(H,21,23,25). The Hall–Kier alpha value is -2.75. The van der Waals surface area contributed by atoms with Gasteiger partial charge in [-0.2, -0.15) is 0 Å². The SMILES string of the molecule is C=CCN(c1ccccc1Cl)S(=O)(=O)c1cccc(C(=O)Nc2nnc(C)s2)c1. The quantitative estimate of drug-likeness (QED) is 0.548. The summed E-state index contributed by atoms with van der Waals surface area (Å²) in [5.41, 5.74) is 0.505. The third kappa shape index (κ3) is 4.64. The second-order valence-electron chi connectivity index (χ2n) is 5.88. The molecular formula is C19H17ClN4O3S2. The van der Waals surface area contributed by atoms with E-state index in [0.29, 0.717) is 20.8 Å². The molecule has 0 fully saturated rings. The van der Waals surface area contributed by atoms with Gasteiger partial charge in [-0.05, 0) is 37.3 Å². The van der Waals surface area contributed by atoms with Gasteiger partial charge in [0.1, 0.15) is 5.01 Å². The summed E-state index contributed by atoms with van der Waals surface area (Å²) in [7, 11) is -3.99. The number of benzene rings is 2. The molecule has 0 saturated carbocycles. The zero-order valence-corrected chi connectivity index (χ0v) is 17.8. The van der Waals surface area contributed by atoms with Gasteiger partial charge >= 0.3 is 0 Å². The van der Waals surface area contributed by atoms with Crippen molar-refractivity contribution in [3.05, 3.63) is 76.8 Å². The summed E-state index contributed by atoms with van der Waals surface area (Å²) in [6.45, 7) is 5.42. The number of aromatic nitrogens is 2. The lowest BCUT2D eigenvalue weighted by atomic mass is 10.2. The first-order valence-electron chi connectivity index (χ1n) is 8.42. The number of halogens is 1. The van der Waals surface area contributed by atoms with Crippen LogP contribution in [0.25, 0.3) is 0 Å². The molecule has 0 unspecified atom stereocenters. The molecular weight excluding hydrogens is 432 g/mol. The number of sulfonamides is 1. The number of amides is 1. The van der Waals surface area contributed by atoms with E-state index in [0.717, 1.165) is 4.31 Å². The third-order valence-corrected chi connectivity index (χ3v) is 6.70. The van der Waals surface area contributed by atoms with Crippen LogP contribution in [0, 0.1) is 6.92 Å². The lowest BCUT2D eigenvalue weighted by Gasteiger charge is -2.24. The van der Waals surface area contributed by atoms with Crippen LogP contribution in [0.15, 0.2) is 66.1 Å². The number of carbonyl (C=O) groups is 1. The highest BCUT2D eigenvalue weighted by Gasteiger charge is 2.26. The molecule has 150 valence electrons. The minimum atomic E-state index is -3.99. The highest BCUT2D eigenvalue weighted by atomic mass is 35.5. The van der Waals surface area contributed by atoms with Crippen LogP contribution in [-0.4, -0.2) is 31.1 Å². The van der Waals surface area contributed by atoms with Gasteiger partial charge in [0.25, 0.3) is 15.9 Å². The van der Waals surface area contributed by atoms with Gasteiger partial charge in [0.15, 0.2) is 0 Å². The Labute approximate surface area is 177 Å². The first kappa shape index (κ1) is 21.0. The summed E-state index contributed by atoms with van der Waals surface area (Å²) >= 11 is 7.43. The Kier molecular flexibility index (Phi) is 6.31. The van der Waals surface area contributed by atoms with E-state index in [1.54, 1.807) is 31.2 Å². The molecule has 29 heavy (non-hydrogen) atoms. The predicted octanol–water partition coefficient (Wildman–Crippen LogP) is 4.13. The van der Waals surface area contributed by atoms with Crippen LogP contribution in [0.5, 0.6) is 0 Å². The summed E-state index contributed by atoms with van der Waals surface area (Å²) in [4.78, 5) is 12.5. The molecule has 2 aromatic carbocycles. The van der Waals surface area contributed by atoms with E-state index in [2.05, 4.69) is 22.1 Å². The van der Waals surface area contributed by atoms with Crippen molar-refractivity contribution in [3.8, 4) is 0 Å². The minimum absolute atomic E-state index is 0.0204. The molecule has 0 radical (unpaired) electrons. The molecule has 10 heteroatoms. The van der Waals surface area contributed by atoms with Gasteiger partial charge in [0, 0.05) is 5.56 Å². The lowest BCUT2D eigenvalue weighted by molar-refractivity contribution is 0.102. The molecule has 0 saturated heterocycles. The normalized spacial score (nSPS) is 11.1. The zero-order valence-electron chi connectivity index (χ0n) is 15.4. The molecule has 0 aliphatic heterocycles. The zero-order chi connectivity index (χ0) is 21.0. The van der Waals surface area contributed by atoms with Crippen LogP contribution in [0.4, 0.5) is 10.8 Å². The van der Waals surface area contributed by atoms with Gasteiger partial charge < -0.3 is 0 Å². The maximum Gasteiger partial charge on any atom is 0.264 e. The Morgan fingerprint density at radius 2 is 2.00 bits per heavy atom. The molecule has 1 amide bonds. The summed E-state index contributed by atoms with van der Waals surface area (Å²) in [5, 5.41) is 11.6. The first-order valence-corrected chi connectivity index (χ1v) is 11.1. The van der Waals surface area contributed by atoms with E-state index in [-0.39, 0.29) is 17.0 Å². The van der Waals surface area contributed by atoms with Crippen molar-refractivity contribution in [2.24, 2.45) is 0 Å². The number of nitrogens with one attached hydrogen (secondary N) is 1. The number of aryl methyl sites for hydroxylation is 1. The fourth-order valence-electron chi connectivity index (χ4n) is 2.54. The van der Waals surface area contributed by atoms with Gasteiger partial charge in [-0.25, -0.2) is 8.42 Å². The smallest absolute Gasteiger partial charge is 0.264 e. The average Bonchev–Trinajstić information content (AvgIpc) is 3.11. The summed E-state index contributed by atoms with van der Waals surface area (Å²) in [5.74, 6) is -0.480. The fourth-order valence-corrected chi connectivity index (χ4v) is 4.91. The average molecular weight is 449 g/mol. The summed E-state index contributed by atoms with van der Waals surface area (Å²) in [6, 6.07) is 12.4. The maximum absolute atomic E-state index is 13.3. The molecule has 0 aliphatic rings. The van der Waals surface area contributed by atoms with Crippen LogP contribution in [-0.2, 0) is 10.0 Å². The monoisotopic (exact) mass is 448 g/mol. The van der Waals surface area contributed by atoms with E-state index < -0.39 is 15.9 Å². The molecule has 0 aliphatic carbocycles. The van der Waals surface area contributed by atoms with Crippen molar-refractivity contribution < 1.29 is 13.2 Å². The molecule has 0 atom stereocenters. The van der Waals surface area contributed by atoms with Gasteiger partial charge in [-0.3, -0.25) is 14.4 Å². The molecule has 7 nitrogen and oxygen atoms in total. The van der Waals surface area contributed by atoms with Crippen molar-refractivity contribution in [2.75, 3.05) is 16.2 Å². The molecule has 0 bridgehead atoms. The maximum atomic E-state index is 13.3. The van der Waals surface area contributed by atoms with Crippen LogP contribution in [0.1, 0.15) is 15.4 Å². The Balaban J connectivity index is 1.96. The van der Waals surface area contributed by atoms with E-state index in [1.807, 2.05) is 0 Å². The number of rotatable bonds is 7. The first-order chi connectivity index (χ1) is 13.8. The second-order valence-corrected chi connectivity index (χ2v) is 9.34.